The van der Waals surface area contributed by atoms with Gasteiger partial charge in [0, 0.05) is 58.1 Å². The van der Waals surface area contributed by atoms with E-state index < -0.39 is 0 Å². The monoisotopic (exact) mass is 751 g/mol. The summed E-state index contributed by atoms with van der Waals surface area (Å²) in [6.45, 7) is 0. The van der Waals surface area contributed by atoms with E-state index in [1.807, 2.05) is 78.1 Å². The fourth-order valence-electron chi connectivity index (χ4n) is 7.44. The van der Waals surface area contributed by atoms with E-state index in [1.165, 1.54) is 30.4 Å². The molecule has 0 N–H and O–H groups in total. The molecule has 7 heteroatoms. The summed E-state index contributed by atoms with van der Waals surface area (Å²) in [5, 5.41) is 3.53. The number of hydrogen-bond donors (Lipinski definition) is 0. The Balaban J connectivity index is 1.03. The van der Waals surface area contributed by atoms with Crippen LogP contribution >= 0.6 is 22.7 Å². The lowest BCUT2D eigenvalue weighted by molar-refractivity contribution is 1.07. The molecule has 0 fully saturated rings. The summed E-state index contributed by atoms with van der Waals surface area (Å²) in [6, 6.07) is 60.9. The highest BCUT2D eigenvalue weighted by atomic mass is 32.1. The Kier molecular flexibility index (Phi) is 7.79. The third kappa shape index (κ3) is 5.64. The molecule has 11 rings (SSSR count). The van der Waals surface area contributed by atoms with E-state index in [4.69, 9.17) is 24.9 Å². The summed E-state index contributed by atoms with van der Waals surface area (Å²) < 4.78 is 4.76. The largest absolute Gasteiger partial charge is 0.226 e. The maximum atomic E-state index is 5.24. The lowest BCUT2D eigenvalue weighted by atomic mass is 10.00. The molecule has 0 saturated carbocycles. The van der Waals surface area contributed by atoms with Gasteiger partial charge in [-0.25, -0.2) is 24.9 Å². The Morgan fingerprint density at radius 1 is 0.304 bits per heavy atom. The van der Waals surface area contributed by atoms with Crippen molar-refractivity contribution in [2.75, 3.05) is 0 Å². The molecule has 11 aromatic rings. The molecule has 4 heterocycles. The summed E-state index contributed by atoms with van der Waals surface area (Å²) in [4.78, 5) is 25.4. The van der Waals surface area contributed by atoms with Crippen LogP contribution in [0.4, 0.5) is 0 Å². The highest BCUT2D eigenvalue weighted by molar-refractivity contribution is 7.26. The molecule has 0 amide bonds. The topological polar surface area (TPSA) is 64.5 Å². The van der Waals surface area contributed by atoms with E-state index in [-0.39, 0.29) is 0 Å². The van der Waals surface area contributed by atoms with Crippen LogP contribution in [0.15, 0.2) is 176 Å². The van der Waals surface area contributed by atoms with Gasteiger partial charge >= 0.3 is 0 Å². The van der Waals surface area contributed by atoms with E-state index in [9.17, 15) is 0 Å². The Bertz CT molecular complexity index is 3190. The average molecular weight is 752 g/mol. The van der Waals surface area contributed by atoms with Crippen molar-refractivity contribution in [3.05, 3.63) is 176 Å². The first kappa shape index (κ1) is 32.5. The number of rotatable bonds is 6. The number of benzene rings is 7. The van der Waals surface area contributed by atoms with Gasteiger partial charge in [0.1, 0.15) is 0 Å². The summed E-state index contributed by atoms with van der Waals surface area (Å²) in [5.74, 6) is 2.67. The normalized spacial score (nSPS) is 11.6. The Labute approximate surface area is 330 Å². The molecule has 0 bridgehead atoms. The van der Waals surface area contributed by atoms with Gasteiger partial charge < -0.3 is 0 Å². The SMILES string of the molecule is c1ccc(-c2nc(-c3ccccc3)nc(-c3ccc4sc5c(-c6cccc(-c7nc(-c8ccccc8)c8sc9ccccc9c8n7)c6)cccc5c4c3)n2)cc1. The fraction of sp³-hybridized carbons (Fsp3) is 0. The van der Waals surface area contributed by atoms with Gasteiger partial charge in [0.2, 0.25) is 0 Å². The van der Waals surface area contributed by atoms with E-state index >= 15 is 0 Å². The lowest BCUT2D eigenvalue weighted by Gasteiger charge is -2.09. The average Bonchev–Trinajstić information content (AvgIpc) is 3.85. The number of thiophene rings is 2. The van der Waals surface area contributed by atoms with Crippen LogP contribution in [0.2, 0.25) is 0 Å². The van der Waals surface area contributed by atoms with Crippen molar-refractivity contribution < 1.29 is 0 Å². The number of aromatic nitrogens is 5. The van der Waals surface area contributed by atoms with E-state index in [0.717, 1.165) is 60.5 Å². The van der Waals surface area contributed by atoms with Crippen LogP contribution in [0, 0.1) is 0 Å². The van der Waals surface area contributed by atoms with Crippen molar-refractivity contribution in [2.45, 2.75) is 0 Å². The van der Waals surface area contributed by atoms with Crippen molar-refractivity contribution in [3.8, 4) is 67.9 Å². The summed E-state index contributed by atoms with van der Waals surface area (Å²) in [5.41, 5.74) is 9.17. The van der Waals surface area contributed by atoms with Crippen molar-refractivity contribution in [2.24, 2.45) is 0 Å². The maximum absolute atomic E-state index is 5.24. The summed E-state index contributed by atoms with van der Waals surface area (Å²) >= 11 is 3.56. The zero-order valence-corrected chi connectivity index (χ0v) is 31.4. The zero-order chi connectivity index (χ0) is 37.0. The first-order valence-electron chi connectivity index (χ1n) is 18.4. The smallest absolute Gasteiger partial charge is 0.164 e. The second-order valence-electron chi connectivity index (χ2n) is 13.7. The van der Waals surface area contributed by atoms with Gasteiger partial charge in [-0.3, -0.25) is 0 Å². The molecule has 0 radical (unpaired) electrons. The van der Waals surface area contributed by atoms with Gasteiger partial charge in [-0.05, 0) is 41.5 Å². The van der Waals surface area contributed by atoms with Gasteiger partial charge in [-0.1, -0.05) is 146 Å². The molecule has 4 aromatic heterocycles. The molecule has 56 heavy (non-hydrogen) atoms. The summed E-state index contributed by atoms with van der Waals surface area (Å²) in [6.07, 6.45) is 0. The molecule has 0 saturated heterocycles. The fourth-order valence-corrected chi connectivity index (χ4v) is 9.81. The maximum Gasteiger partial charge on any atom is 0.164 e. The molecule has 7 aromatic carbocycles. The Morgan fingerprint density at radius 2 is 0.821 bits per heavy atom. The molecule has 5 nitrogen and oxygen atoms in total. The van der Waals surface area contributed by atoms with Crippen molar-refractivity contribution in [1.82, 2.24) is 24.9 Å². The lowest BCUT2D eigenvalue weighted by Crippen LogP contribution is -2.00. The number of nitrogens with zero attached hydrogens (tertiary/aromatic N) is 5. The molecular formula is C49H29N5S2. The first-order valence-corrected chi connectivity index (χ1v) is 20.0. The summed E-state index contributed by atoms with van der Waals surface area (Å²) in [7, 11) is 0. The minimum absolute atomic E-state index is 0.646. The van der Waals surface area contributed by atoms with Gasteiger partial charge in [0.15, 0.2) is 23.3 Å². The van der Waals surface area contributed by atoms with Gasteiger partial charge in [-0.2, -0.15) is 0 Å². The van der Waals surface area contributed by atoms with Crippen LogP contribution in [0.3, 0.4) is 0 Å². The molecular weight excluding hydrogens is 723 g/mol. The highest BCUT2D eigenvalue weighted by Crippen LogP contribution is 2.43. The molecule has 0 aliphatic heterocycles. The highest BCUT2D eigenvalue weighted by Gasteiger charge is 2.19. The van der Waals surface area contributed by atoms with Crippen LogP contribution in [0.5, 0.6) is 0 Å². The van der Waals surface area contributed by atoms with Crippen molar-refractivity contribution >= 4 is 63.1 Å². The molecule has 0 unspecified atom stereocenters. The quantitative estimate of drug-likeness (QED) is 0.169. The van der Waals surface area contributed by atoms with Crippen molar-refractivity contribution in [3.63, 3.8) is 0 Å². The number of fused-ring (bicyclic) bond motifs is 6. The van der Waals surface area contributed by atoms with E-state index in [1.54, 1.807) is 11.3 Å². The minimum atomic E-state index is 0.646. The molecule has 0 aliphatic carbocycles. The van der Waals surface area contributed by atoms with Crippen LogP contribution in [-0.2, 0) is 0 Å². The Hall–Kier alpha value is -6.93. The van der Waals surface area contributed by atoms with E-state index in [2.05, 4.69) is 109 Å². The predicted molar refractivity (Wildman–Crippen MR) is 234 cm³/mol. The van der Waals surface area contributed by atoms with E-state index in [0.29, 0.717) is 17.5 Å². The van der Waals surface area contributed by atoms with Crippen LogP contribution in [0.25, 0.3) is 108 Å². The van der Waals surface area contributed by atoms with Crippen LogP contribution in [0.1, 0.15) is 0 Å². The third-order valence-electron chi connectivity index (χ3n) is 10.2. The van der Waals surface area contributed by atoms with Crippen molar-refractivity contribution in [1.29, 1.82) is 0 Å². The predicted octanol–water partition coefficient (Wildman–Crippen LogP) is 13.4. The second-order valence-corrected chi connectivity index (χ2v) is 15.8. The molecule has 0 spiro atoms. The number of hydrogen-bond acceptors (Lipinski definition) is 7. The standard InChI is InChI=1S/C49H29N5S2/c1-4-14-30(15-5-1)42-45-43(38-22-10-11-25-40(38)56-45)51-48(50-42)34-21-12-20-33(28-34)36-23-13-24-37-39-29-35(26-27-41(39)55-44(36)37)49-53-46(31-16-6-2-7-17-31)52-47(54-49)32-18-8-3-9-19-32/h1-29H. The van der Waals surface area contributed by atoms with Gasteiger partial charge in [-0.15, -0.1) is 22.7 Å². The molecule has 0 atom stereocenters. The first-order chi connectivity index (χ1) is 27.7. The van der Waals surface area contributed by atoms with Crippen LogP contribution < -0.4 is 0 Å². The molecule has 262 valence electrons. The van der Waals surface area contributed by atoms with Gasteiger partial charge in [0.05, 0.1) is 15.9 Å². The Morgan fingerprint density at radius 3 is 1.55 bits per heavy atom. The zero-order valence-electron chi connectivity index (χ0n) is 29.8. The minimum Gasteiger partial charge on any atom is -0.226 e. The van der Waals surface area contributed by atoms with Crippen LogP contribution in [-0.4, -0.2) is 24.9 Å². The second kappa shape index (κ2) is 13.4. The van der Waals surface area contributed by atoms with Gasteiger partial charge in [0.25, 0.3) is 0 Å². The third-order valence-corrected chi connectivity index (χ3v) is 12.5. The molecule has 0 aliphatic rings.